The van der Waals surface area contributed by atoms with Gasteiger partial charge in [-0.25, -0.2) is 9.18 Å². The predicted octanol–water partition coefficient (Wildman–Crippen LogP) is 3.68. The largest absolute Gasteiger partial charge is 0.495 e. The average Bonchev–Trinajstić information content (AvgIpc) is 2.61. The molecule has 1 amide bonds. The molecule has 0 aliphatic carbocycles. The van der Waals surface area contributed by atoms with Gasteiger partial charge in [-0.05, 0) is 43.3 Å². The number of ether oxygens (including phenoxy) is 3. The molecule has 138 valence electrons. The topological polar surface area (TPSA) is 73.9 Å². The minimum Gasteiger partial charge on any atom is -0.495 e. The fourth-order valence-electron chi connectivity index (χ4n) is 2.09. The molecule has 1 atom stereocenters. The third-order valence-electron chi connectivity index (χ3n) is 3.46. The second-order valence-electron chi connectivity index (χ2n) is 5.23. The molecule has 26 heavy (non-hydrogen) atoms. The number of halogens is 2. The number of rotatable bonds is 6. The first kappa shape index (κ1) is 19.5. The number of nitrogens with one attached hydrogen (secondary N) is 1. The van der Waals surface area contributed by atoms with Crippen LogP contribution in [0.15, 0.2) is 36.4 Å². The Balaban J connectivity index is 2.06. The van der Waals surface area contributed by atoms with Gasteiger partial charge in [-0.3, -0.25) is 4.79 Å². The van der Waals surface area contributed by atoms with E-state index in [-0.39, 0.29) is 11.3 Å². The number of carbonyl (C=O) groups excluding carboxylic acids is 2. The quantitative estimate of drug-likeness (QED) is 0.773. The summed E-state index contributed by atoms with van der Waals surface area (Å²) in [4.78, 5) is 24.3. The maximum absolute atomic E-state index is 13.7. The molecule has 0 heterocycles. The van der Waals surface area contributed by atoms with Gasteiger partial charge in [0.15, 0.2) is 17.7 Å². The van der Waals surface area contributed by atoms with Gasteiger partial charge >= 0.3 is 5.97 Å². The summed E-state index contributed by atoms with van der Waals surface area (Å²) in [5, 5.41) is 2.97. The highest BCUT2D eigenvalue weighted by Gasteiger charge is 2.21. The zero-order valence-corrected chi connectivity index (χ0v) is 15.1. The maximum atomic E-state index is 13.7. The lowest BCUT2D eigenvalue weighted by Crippen LogP contribution is -2.30. The van der Waals surface area contributed by atoms with E-state index in [1.807, 2.05) is 0 Å². The molecular weight excluding hydrogens is 365 g/mol. The third-order valence-corrected chi connectivity index (χ3v) is 3.70. The van der Waals surface area contributed by atoms with E-state index in [9.17, 15) is 14.0 Å². The van der Waals surface area contributed by atoms with Crippen molar-refractivity contribution in [3.05, 3.63) is 52.8 Å². The van der Waals surface area contributed by atoms with Crippen molar-refractivity contribution in [2.45, 2.75) is 13.0 Å². The van der Waals surface area contributed by atoms with Crippen LogP contribution in [0.3, 0.4) is 0 Å². The van der Waals surface area contributed by atoms with Gasteiger partial charge in [-0.2, -0.15) is 0 Å². The van der Waals surface area contributed by atoms with Gasteiger partial charge in [-0.15, -0.1) is 0 Å². The van der Waals surface area contributed by atoms with Crippen LogP contribution in [0.25, 0.3) is 0 Å². The molecule has 8 heteroatoms. The van der Waals surface area contributed by atoms with Gasteiger partial charge in [0.2, 0.25) is 0 Å². The second kappa shape index (κ2) is 8.53. The number of benzene rings is 2. The van der Waals surface area contributed by atoms with E-state index < -0.39 is 23.8 Å². The summed E-state index contributed by atoms with van der Waals surface area (Å²) < 4.78 is 28.7. The number of esters is 1. The molecule has 0 fully saturated rings. The van der Waals surface area contributed by atoms with Crippen LogP contribution < -0.4 is 14.8 Å². The molecule has 0 saturated heterocycles. The Morgan fingerprint density at radius 3 is 2.35 bits per heavy atom. The summed E-state index contributed by atoms with van der Waals surface area (Å²) in [5.41, 5.74) is 0.298. The van der Waals surface area contributed by atoms with Crippen molar-refractivity contribution in [3.63, 3.8) is 0 Å². The lowest BCUT2D eigenvalue weighted by molar-refractivity contribution is -0.123. The van der Waals surface area contributed by atoms with Crippen LogP contribution in [-0.2, 0) is 9.53 Å². The Hall–Kier alpha value is -2.80. The van der Waals surface area contributed by atoms with Crippen LogP contribution in [0.5, 0.6) is 11.5 Å². The first-order valence-electron chi connectivity index (χ1n) is 7.54. The average molecular weight is 382 g/mol. The zero-order chi connectivity index (χ0) is 19.3. The molecule has 0 radical (unpaired) electrons. The van der Waals surface area contributed by atoms with Gasteiger partial charge in [0.25, 0.3) is 5.91 Å². The van der Waals surface area contributed by atoms with E-state index >= 15 is 0 Å². The van der Waals surface area contributed by atoms with Gasteiger partial charge in [0.1, 0.15) is 5.75 Å². The minimum atomic E-state index is -1.13. The Morgan fingerprint density at radius 2 is 1.73 bits per heavy atom. The predicted molar refractivity (Wildman–Crippen MR) is 94.5 cm³/mol. The lowest BCUT2D eigenvalue weighted by atomic mass is 10.2. The molecule has 0 aliphatic rings. The van der Waals surface area contributed by atoms with E-state index in [0.717, 1.165) is 6.07 Å². The fourth-order valence-corrected chi connectivity index (χ4v) is 2.26. The van der Waals surface area contributed by atoms with Crippen molar-refractivity contribution in [3.8, 4) is 11.5 Å². The molecule has 0 saturated carbocycles. The number of methoxy groups -OCH3 is 2. The van der Waals surface area contributed by atoms with Crippen molar-refractivity contribution < 1.29 is 28.2 Å². The van der Waals surface area contributed by atoms with Crippen LogP contribution in [0.2, 0.25) is 5.02 Å². The first-order chi connectivity index (χ1) is 12.3. The molecule has 2 aromatic carbocycles. The van der Waals surface area contributed by atoms with Crippen molar-refractivity contribution in [2.75, 3.05) is 19.5 Å². The number of hydrogen-bond acceptors (Lipinski definition) is 5. The molecule has 2 rings (SSSR count). The molecule has 0 bridgehead atoms. The molecule has 0 spiro atoms. The highest BCUT2D eigenvalue weighted by atomic mass is 35.5. The van der Waals surface area contributed by atoms with Gasteiger partial charge in [-0.1, -0.05) is 11.6 Å². The highest BCUT2D eigenvalue weighted by molar-refractivity contribution is 6.31. The monoisotopic (exact) mass is 381 g/mol. The van der Waals surface area contributed by atoms with Gasteiger partial charge in [0.05, 0.1) is 25.5 Å². The summed E-state index contributed by atoms with van der Waals surface area (Å²) in [5.74, 6) is -1.73. The van der Waals surface area contributed by atoms with Crippen molar-refractivity contribution in [1.82, 2.24) is 0 Å². The van der Waals surface area contributed by atoms with E-state index in [4.69, 9.17) is 25.8 Å². The fraction of sp³-hybridized carbons (Fsp3) is 0.222. The van der Waals surface area contributed by atoms with E-state index in [2.05, 4.69) is 5.32 Å². The van der Waals surface area contributed by atoms with Crippen LogP contribution in [0.4, 0.5) is 10.1 Å². The molecule has 2 aromatic rings. The molecule has 6 nitrogen and oxygen atoms in total. The summed E-state index contributed by atoms with van der Waals surface area (Å²) >= 11 is 5.90. The summed E-state index contributed by atoms with van der Waals surface area (Å²) in [6, 6.07) is 8.33. The van der Waals surface area contributed by atoms with Crippen LogP contribution >= 0.6 is 11.6 Å². The summed E-state index contributed by atoms with van der Waals surface area (Å²) in [7, 11) is 2.76. The zero-order valence-electron chi connectivity index (χ0n) is 14.3. The number of hydrogen-bond donors (Lipinski definition) is 1. The summed E-state index contributed by atoms with van der Waals surface area (Å²) in [6.45, 7) is 1.39. The smallest absolute Gasteiger partial charge is 0.339 e. The lowest BCUT2D eigenvalue weighted by Gasteiger charge is -2.15. The molecular formula is C18H17ClFNO5. The summed E-state index contributed by atoms with van der Waals surface area (Å²) in [6.07, 6.45) is -1.13. The van der Waals surface area contributed by atoms with Crippen LogP contribution in [0, 0.1) is 5.82 Å². The standard InChI is InChI=1S/C18H17ClFNO5/c1-10(17(22)21-14-9-12(19)5-7-16(14)25-3)26-18(23)11-4-6-15(24-2)13(20)8-11/h4-10H,1-3H3,(H,21,22)/t10-/m1/s1. The molecule has 0 aliphatic heterocycles. The van der Waals surface area contributed by atoms with E-state index in [0.29, 0.717) is 16.5 Å². The van der Waals surface area contributed by atoms with E-state index in [1.54, 1.807) is 12.1 Å². The van der Waals surface area contributed by atoms with E-state index in [1.165, 1.54) is 39.3 Å². The molecule has 0 aromatic heterocycles. The number of carbonyl (C=O) groups is 2. The van der Waals surface area contributed by atoms with Crippen LogP contribution in [0.1, 0.15) is 17.3 Å². The van der Waals surface area contributed by atoms with Crippen molar-refractivity contribution in [2.24, 2.45) is 0 Å². The van der Waals surface area contributed by atoms with Crippen molar-refractivity contribution in [1.29, 1.82) is 0 Å². The number of anilines is 1. The third kappa shape index (κ3) is 4.64. The SMILES string of the molecule is COc1ccc(C(=O)O[C@H](C)C(=O)Nc2cc(Cl)ccc2OC)cc1F. The minimum absolute atomic E-state index is 0.000364. The number of amides is 1. The van der Waals surface area contributed by atoms with Crippen LogP contribution in [-0.4, -0.2) is 32.2 Å². The van der Waals surface area contributed by atoms with Crippen molar-refractivity contribution >= 4 is 29.2 Å². The highest BCUT2D eigenvalue weighted by Crippen LogP contribution is 2.28. The molecule has 0 unspecified atom stereocenters. The molecule has 1 N–H and O–H groups in total. The Kier molecular flexibility index (Phi) is 6.41. The second-order valence-corrected chi connectivity index (χ2v) is 5.67. The van der Waals surface area contributed by atoms with Gasteiger partial charge in [0, 0.05) is 5.02 Å². The maximum Gasteiger partial charge on any atom is 0.339 e. The first-order valence-corrected chi connectivity index (χ1v) is 7.92. The Bertz CT molecular complexity index is 827. The normalized spacial score (nSPS) is 11.4. The van der Waals surface area contributed by atoms with Gasteiger partial charge < -0.3 is 19.5 Å². The Labute approximate surface area is 154 Å². The Morgan fingerprint density at radius 1 is 1.08 bits per heavy atom.